The number of benzene rings is 2. The number of primary amides is 1. The van der Waals surface area contributed by atoms with Gasteiger partial charge in [0.1, 0.15) is 30.7 Å². The normalized spacial score (nSPS) is 21.2. The van der Waals surface area contributed by atoms with Crippen LogP contribution in [-0.4, -0.2) is 77.0 Å². The number of ether oxygens (including phenoxy) is 2. The van der Waals surface area contributed by atoms with E-state index >= 15 is 0 Å². The van der Waals surface area contributed by atoms with Gasteiger partial charge in [-0.05, 0) is 30.4 Å². The highest BCUT2D eigenvalue weighted by Crippen LogP contribution is 2.35. The lowest BCUT2D eigenvalue weighted by Crippen LogP contribution is -2.45. The monoisotopic (exact) mass is 604 g/mol. The molecule has 1 saturated heterocycles. The molecule has 232 valence electrons. The minimum absolute atomic E-state index is 0.0422. The van der Waals surface area contributed by atoms with E-state index in [0.717, 1.165) is 11.1 Å². The van der Waals surface area contributed by atoms with Crippen LogP contribution in [-0.2, 0) is 27.4 Å². The zero-order valence-corrected chi connectivity index (χ0v) is 23.9. The van der Waals surface area contributed by atoms with Gasteiger partial charge in [-0.1, -0.05) is 60.7 Å². The molecule has 1 unspecified atom stereocenters. The highest BCUT2D eigenvalue weighted by atomic mass is 16.6. The Bertz CT molecular complexity index is 1560. The summed E-state index contributed by atoms with van der Waals surface area (Å²) in [6.07, 6.45) is -2.10. The fraction of sp³-hybridized carbons (Fsp3) is 0.367. The highest BCUT2D eigenvalue weighted by Gasteiger charge is 2.46. The van der Waals surface area contributed by atoms with Crippen molar-refractivity contribution in [2.45, 2.75) is 69.0 Å². The molecule has 2 aromatic carbocycles. The van der Waals surface area contributed by atoms with Crippen molar-refractivity contribution in [3.63, 3.8) is 0 Å². The lowest BCUT2D eigenvalue weighted by atomic mass is 9.96. The molecule has 14 nitrogen and oxygen atoms in total. The molecule has 5 rings (SSSR count). The van der Waals surface area contributed by atoms with Crippen molar-refractivity contribution < 1.29 is 29.3 Å². The quantitative estimate of drug-likeness (QED) is 0.155. The van der Waals surface area contributed by atoms with E-state index in [1.54, 1.807) is 0 Å². The smallest absolute Gasteiger partial charge is 0.410 e. The Balaban J connectivity index is 1.41. The first kappa shape index (κ1) is 30.8. The second-order valence-electron chi connectivity index (χ2n) is 10.8. The maximum Gasteiger partial charge on any atom is 0.410 e. The number of carbonyl (C=O) groups excluding carboxylic acids is 2. The number of aliphatic hydroxyl groups is 2. The number of hydrogen-bond donors (Lipinski definition) is 5. The molecule has 1 fully saturated rings. The van der Waals surface area contributed by atoms with Gasteiger partial charge in [0, 0.05) is 12.6 Å². The summed E-state index contributed by atoms with van der Waals surface area (Å²) >= 11 is 0. The molecule has 0 spiro atoms. The second-order valence-corrected chi connectivity index (χ2v) is 10.8. The summed E-state index contributed by atoms with van der Waals surface area (Å²) in [5.41, 5.74) is 19.6. The third-order valence-corrected chi connectivity index (χ3v) is 7.76. The number of rotatable bonds is 12. The van der Waals surface area contributed by atoms with Gasteiger partial charge in [0.05, 0.1) is 18.5 Å². The van der Waals surface area contributed by atoms with Crippen LogP contribution >= 0.6 is 0 Å². The van der Waals surface area contributed by atoms with Gasteiger partial charge in [-0.2, -0.15) is 0 Å². The van der Waals surface area contributed by atoms with Gasteiger partial charge in [-0.3, -0.25) is 9.36 Å². The van der Waals surface area contributed by atoms with Crippen molar-refractivity contribution in [1.82, 2.24) is 24.4 Å². The van der Waals surface area contributed by atoms with Crippen molar-refractivity contribution in [3.05, 3.63) is 84.4 Å². The Morgan fingerprint density at radius 2 is 1.66 bits per heavy atom. The van der Waals surface area contributed by atoms with Gasteiger partial charge in [-0.15, -0.1) is 0 Å². The summed E-state index contributed by atoms with van der Waals surface area (Å²) in [5.74, 6) is -0.513. The van der Waals surface area contributed by atoms with Crippen molar-refractivity contribution in [1.29, 1.82) is 0 Å². The summed E-state index contributed by atoms with van der Waals surface area (Å²) in [6, 6.07) is 17.0. The largest absolute Gasteiger partial charge is 0.445 e. The molecule has 1 aliphatic heterocycles. The SMILES string of the molecule is NC(=O)[C@@H](N)CC[C@@H](C[C@H]1O[C@@H](n2cnc3c(N)ncnc32)[C@@H](O)C1O)N(Cc1ccccc1)C(=O)OCc1ccccc1. The molecular formula is C30H36N8O6. The molecule has 0 aliphatic carbocycles. The molecule has 6 atom stereocenters. The lowest BCUT2D eigenvalue weighted by molar-refractivity contribution is -0.119. The van der Waals surface area contributed by atoms with E-state index in [-0.39, 0.29) is 38.2 Å². The van der Waals surface area contributed by atoms with Crippen molar-refractivity contribution in [2.75, 3.05) is 5.73 Å². The Morgan fingerprint density at radius 1 is 0.977 bits per heavy atom. The van der Waals surface area contributed by atoms with Crippen LogP contribution in [0.25, 0.3) is 11.2 Å². The van der Waals surface area contributed by atoms with E-state index in [4.69, 9.17) is 26.7 Å². The maximum atomic E-state index is 13.7. The van der Waals surface area contributed by atoms with Gasteiger partial charge < -0.3 is 41.8 Å². The van der Waals surface area contributed by atoms with Gasteiger partial charge in [-0.25, -0.2) is 19.7 Å². The summed E-state index contributed by atoms with van der Waals surface area (Å²) in [7, 11) is 0. The molecule has 0 bridgehead atoms. The van der Waals surface area contributed by atoms with Crippen LogP contribution in [0, 0.1) is 0 Å². The molecule has 14 heteroatoms. The average Bonchev–Trinajstić information content (AvgIpc) is 3.58. The Labute approximate surface area is 253 Å². The second kappa shape index (κ2) is 13.8. The van der Waals surface area contributed by atoms with E-state index in [1.807, 2.05) is 60.7 Å². The third kappa shape index (κ3) is 6.94. The predicted octanol–water partition coefficient (Wildman–Crippen LogP) is 1.22. The number of amides is 2. The van der Waals surface area contributed by atoms with Gasteiger partial charge in [0.25, 0.3) is 0 Å². The standard InChI is InChI=1S/C30H36N8O6/c31-21(27(33)41)12-11-20(37(14-18-7-3-1-4-8-18)30(42)43-15-19-9-5-2-6-10-19)13-22-24(39)25(40)29(44-22)38-17-36-23-26(32)34-16-35-28(23)38/h1-10,16-17,20-22,24-25,29,39-40H,11-15,31H2,(H2,33,41)(H2,32,34,35)/t20-,21-,22+,24?,25-,29+/m0/s1. The Kier molecular flexibility index (Phi) is 9.65. The average molecular weight is 605 g/mol. The number of hydrogen-bond acceptors (Lipinski definition) is 11. The number of nitrogens with two attached hydrogens (primary N) is 3. The molecule has 0 saturated carbocycles. The van der Waals surface area contributed by atoms with Crippen LogP contribution in [0.1, 0.15) is 36.6 Å². The minimum Gasteiger partial charge on any atom is -0.445 e. The van der Waals surface area contributed by atoms with Crippen LogP contribution in [0.3, 0.4) is 0 Å². The first-order valence-corrected chi connectivity index (χ1v) is 14.2. The minimum atomic E-state index is -1.35. The molecule has 2 amide bonds. The van der Waals surface area contributed by atoms with Crippen LogP contribution in [0.2, 0.25) is 0 Å². The van der Waals surface area contributed by atoms with E-state index < -0.39 is 48.6 Å². The molecule has 2 aromatic heterocycles. The van der Waals surface area contributed by atoms with Crippen LogP contribution in [0.4, 0.5) is 10.6 Å². The molecule has 8 N–H and O–H groups in total. The van der Waals surface area contributed by atoms with Crippen LogP contribution < -0.4 is 17.2 Å². The van der Waals surface area contributed by atoms with Crippen LogP contribution in [0.15, 0.2) is 73.3 Å². The van der Waals surface area contributed by atoms with Crippen molar-refractivity contribution in [2.24, 2.45) is 11.5 Å². The summed E-state index contributed by atoms with van der Waals surface area (Å²) in [4.78, 5) is 39.4. The number of aromatic nitrogens is 4. The molecule has 1 aliphatic rings. The molecule has 4 aromatic rings. The lowest BCUT2D eigenvalue weighted by Gasteiger charge is -2.34. The predicted molar refractivity (Wildman–Crippen MR) is 159 cm³/mol. The Morgan fingerprint density at radius 3 is 2.34 bits per heavy atom. The van der Waals surface area contributed by atoms with Gasteiger partial charge in [0.2, 0.25) is 5.91 Å². The Hall–Kier alpha value is -4.63. The fourth-order valence-corrected chi connectivity index (χ4v) is 5.32. The number of fused-ring (bicyclic) bond motifs is 1. The van der Waals surface area contributed by atoms with E-state index in [1.165, 1.54) is 22.1 Å². The highest BCUT2D eigenvalue weighted by molar-refractivity contribution is 5.81. The molecular weight excluding hydrogens is 568 g/mol. The number of nitrogens with zero attached hydrogens (tertiary/aromatic N) is 5. The summed E-state index contributed by atoms with van der Waals surface area (Å²) < 4.78 is 13.4. The first-order valence-electron chi connectivity index (χ1n) is 14.2. The number of nitrogen functional groups attached to an aromatic ring is 1. The third-order valence-electron chi connectivity index (χ3n) is 7.76. The first-order chi connectivity index (χ1) is 21.2. The maximum absolute atomic E-state index is 13.7. The molecule has 44 heavy (non-hydrogen) atoms. The molecule has 3 heterocycles. The van der Waals surface area contributed by atoms with E-state index in [9.17, 15) is 19.8 Å². The number of aliphatic hydroxyl groups excluding tert-OH is 2. The summed E-state index contributed by atoms with van der Waals surface area (Å²) in [6.45, 7) is 0.211. The van der Waals surface area contributed by atoms with Gasteiger partial charge >= 0.3 is 6.09 Å². The van der Waals surface area contributed by atoms with Crippen LogP contribution in [0.5, 0.6) is 0 Å². The van der Waals surface area contributed by atoms with Crippen molar-refractivity contribution in [3.8, 4) is 0 Å². The van der Waals surface area contributed by atoms with Crippen molar-refractivity contribution >= 4 is 29.0 Å². The zero-order chi connectivity index (χ0) is 31.2. The van der Waals surface area contributed by atoms with E-state index in [2.05, 4.69) is 15.0 Å². The number of carbonyl (C=O) groups is 2. The topological polar surface area (TPSA) is 218 Å². The van der Waals surface area contributed by atoms with E-state index in [0.29, 0.717) is 11.2 Å². The number of anilines is 1. The fourth-order valence-electron chi connectivity index (χ4n) is 5.32. The molecule has 0 radical (unpaired) electrons. The summed E-state index contributed by atoms with van der Waals surface area (Å²) in [5, 5.41) is 22.2. The van der Waals surface area contributed by atoms with Gasteiger partial charge in [0.15, 0.2) is 17.7 Å². The number of imidazole rings is 1. The zero-order valence-electron chi connectivity index (χ0n) is 23.9.